The lowest BCUT2D eigenvalue weighted by Gasteiger charge is -2.39. The van der Waals surface area contributed by atoms with Crippen LogP contribution in [0.3, 0.4) is 0 Å². The van der Waals surface area contributed by atoms with Gasteiger partial charge in [0.25, 0.3) is 5.92 Å². The van der Waals surface area contributed by atoms with Gasteiger partial charge in [-0.15, -0.1) is 0 Å². The van der Waals surface area contributed by atoms with E-state index >= 15 is 0 Å². The molecular weight excluding hydrogens is 256 g/mol. The molecule has 3 fully saturated rings. The molecule has 2 unspecified atom stereocenters. The summed E-state index contributed by atoms with van der Waals surface area (Å²) in [6.45, 7) is 0.912. The average Bonchev–Trinajstić information content (AvgIpc) is 2.82. The van der Waals surface area contributed by atoms with Crippen LogP contribution in [-0.2, 0) is 6.42 Å². The van der Waals surface area contributed by atoms with E-state index in [0.717, 1.165) is 30.2 Å². The number of halogens is 2. The third kappa shape index (κ3) is 2.37. The molecule has 1 aromatic carbocycles. The lowest BCUT2D eigenvalue weighted by molar-refractivity contribution is -0.132. The average molecular weight is 277 g/mol. The summed E-state index contributed by atoms with van der Waals surface area (Å²) in [5.74, 6) is 0.801. The fourth-order valence-electron chi connectivity index (χ4n) is 4.51. The van der Waals surface area contributed by atoms with Gasteiger partial charge in [0.15, 0.2) is 0 Å². The highest BCUT2D eigenvalue weighted by Crippen LogP contribution is 2.60. The van der Waals surface area contributed by atoms with Gasteiger partial charge in [-0.2, -0.15) is 0 Å². The molecule has 1 heterocycles. The van der Waals surface area contributed by atoms with Gasteiger partial charge in [-0.1, -0.05) is 30.3 Å². The predicted molar refractivity (Wildman–Crippen MR) is 74.7 cm³/mol. The Balaban J connectivity index is 1.23. The van der Waals surface area contributed by atoms with Gasteiger partial charge in [0.05, 0.1) is 13.1 Å². The first-order chi connectivity index (χ1) is 9.61. The second-order valence-electron chi connectivity index (χ2n) is 7.04. The first-order valence-corrected chi connectivity index (χ1v) is 7.75. The molecule has 3 aliphatic rings. The molecule has 0 radical (unpaired) electrons. The first-order valence-electron chi connectivity index (χ1n) is 7.75. The number of alkyl halides is 2. The van der Waals surface area contributed by atoms with Crippen molar-refractivity contribution >= 4 is 0 Å². The second kappa shape index (κ2) is 4.52. The van der Waals surface area contributed by atoms with Crippen LogP contribution in [0.25, 0.3) is 0 Å². The Labute approximate surface area is 119 Å². The Bertz CT molecular complexity index is 467. The molecule has 1 saturated heterocycles. The number of rotatable bonds is 4. The lowest BCUT2D eigenvalue weighted by Crippen LogP contribution is -2.56. The summed E-state index contributed by atoms with van der Waals surface area (Å²) in [5.41, 5.74) is 1.44. The maximum atomic E-state index is 12.8. The first kappa shape index (κ1) is 12.8. The van der Waals surface area contributed by atoms with Crippen molar-refractivity contribution in [2.45, 2.75) is 25.2 Å². The molecule has 4 atom stereocenters. The third-order valence-electron chi connectivity index (χ3n) is 5.47. The topological polar surface area (TPSA) is 3.24 Å². The van der Waals surface area contributed by atoms with Crippen LogP contribution in [0.15, 0.2) is 30.3 Å². The minimum atomic E-state index is -2.40. The van der Waals surface area contributed by atoms with Crippen LogP contribution in [0, 0.1) is 23.7 Å². The molecule has 4 rings (SSSR count). The summed E-state index contributed by atoms with van der Waals surface area (Å²) in [6.07, 6.45) is 3.82. The zero-order chi connectivity index (χ0) is 13.7. The van der Waals surface area contributed by atoms with Gasteiger partial charge in [-0.25, -0.2) is 8.78 Å². The van der Waals surface area contributed by atoms with Gasteiger partial charge >= 0.3 is 0 Å². The van der Waals surface area contributed by atoms with Crippen LogP contribution in [0.2, 0.25) is 0 Å². The highest BCUT2D eigenvalue weighted by molar-refractivity contribution is 5.17. The monoisotopic (exact) mass is 277 g/mol. The van der Waals surface area contributed by atoms with Crippen molar-refractivity contribution < 1.29 is 8.78 Å². The normalized spacial score (nSPS) is 38.3. The molecule has 2 aliphatic carbocycles. The lowest BCUT2D eigenvalue weighted by atomic mass is 9.92. The van der Waals surface area contributed by atoms with Gasteiger partial charge < -0.3 is 0 Å². The molecule has 2 saturated carbocycles. The largest absolute Gasteiger partial charge is 0.291 e. The van der Waals surface area contributed by atoms with E-state index < -0.39 is 5.92 Å². The zero-order valence-corrected chi connectivity index (χ0v) is 11.6. The number of fused-ring (bicyclic) bond motifs is 1. The number of benzene rings is 1. The molecule has 3 heteroatoms. The summed E-state index contributed by atoms with van der Waals surface area (Å²) in [6, 6.07) is 10.7. The van der Waals surface area contributed by atoms with Crippen LogP contribution < -0.4 is 0 Å². The molecule has 20 heavy (non-hydrogen) atoms. The van der Waals surface area contributed by atoms with E-state index in [1.165, 1.54) is 24.8 Å². The van der Waals surface area contributed by atoms with Crippen LogP contribution >= 0.6 is 0 Å². The van der Waals surface area contributed by atoms with Crippen LogP contribution in [-0.4, -0.2) is 30.5 Å². The van der Waals surface area contributed by atoms with E-state index in [2.05, 4.69) is 30.3 Å². The van der Waals surface area contributed by atoms with Gasteiger partial charge in [-0.3, -0.25) is 4.90 Å². The molecule has 0 aromatic heterocycles. The number of nitrogens with zero attached hydrogens (tertiary/aromatic N) is 1. The minimum absolute atomic E-state index is 0.00359. The summed E-state index contributed by atoms with van der Waals surface area (Å²) in [5, 5.41) is 0. The highest BCUT2D eigenvalue weighted by Gasteiger charge is 2.57. The predicted octanol–water partition coefficient (Wildman–Crippen LogP) is 3.45. The van der Waals surface area contributed by atoms with E-state index in [1.54, 1.807) is 0 Å². The van der Waals surface area contributed by atoms with E-state index in [9.17, 15) is 8.78 Å². The van der Waals surface area contributed by atoms with E-state index in [0.29, 0.717) is 0 Å². The molecule has 108 valence electrons. The van der Waals surface area contributed by atoms with Crippen LogP contribution in [0.1, 0.15) is 18.4 Å². The number of hydrogen-bond donors (Lipinski definition) is 0. The third-order valence-corrected chi connectivity index (χ3v) is 5.47. The molecule has 1 nitrogen and oxygen atoms in total. The molecule has 0 spiro atoms. The van der Waals surface area contributed by atoms with Crippen LogP contribution in [0.4, 0.5) is 8.78 Å². The summed E-state index contributed by atoms with van der Waals surface area (Å²) >= 11 is 0. The van der Waals surface area contributed by atoms with Gasteiger partial charge in [0.1, 0.15) is 0 Å². The minimum Gasteiger partial charge on any atom is -0.291 e. The van der Waals surface area contributed by atoms with Crippen molar-refractivity contribution in [2.75, 3.05) is 19.6 Å². The van der Waals surface area contributed by atoms with E-state index in [1.807, 2.05) is 4.90 Å². The van der Waals surface area contributed by atoms with Crippen molar-refractivity contribution in [1.82, 2.24) is 4.90 Å². The summed E-state index contributed by atoms with van der Waals surface area (Å²) in [4.78, 5) is 1.94. The maximum Gasteiger partial charge on any atom is 0.272 e. The maximum absolute atomic E-state index is 12.8. The van der Waals surface area contributed by atoms with Gasteiger partial charge in [0, 0.05) is 6.54 Å². The Morgan fingerprint density at radius 1 is 1.05 bits per heavy atom. The Kier molecular flexibility index (Phi) is 2.88. The Morgan fingerprint density at radius 3 is 2.30 bits per heavy atom. The number of likely N-dealkylation sites (tertiary alicyclic amines) is 1. The quantitative estimate of drug-likeness (QED) is 0.815. The van der Waals surface area contributed by atoms with Crippen molar-refractivity contribution in [3.63, 3.8) is 0 Å². The molecular formula is C17H21F2N. The zero-order valence-electron chi connectivity index (χ0n) is 11.6. The fraction of sp³-hybridized carbons (Fsp3) is 0.647. The molecule has 0 bridgehead atoms. The van der Waals surface area contributed by atoms with Crippen molar-refractivity contribution in [3.8, 4) is 0 Å². The van der Waals surface area contributed by atoms with Crippen molar-refractivity contribution in [1.29, 1.82) is 0 Å². The van der Waals surface area contributed by atoms with Crippen LogP contribution in [0.5, 0.6) is 0 Å². The molecule has 1 aromatic rings. The fourth-order valence-corrected chi connectivity index (χ4v) is 4.51. The molecule has 0 amide bonds. The van der Waals surface area contributed by atoms with E-state index in [4.69, 9.17) is 0 Å². The second-order valence-corrected chi connectivity index (χ2v) is 7.04. The summed E-state index contributed by atoms with van der Waals surface area (Å²) in [7, 11) is 0. The molecule has 1 aliphatic heterocycles. The van der Waals surface area contributed by atoms with E-state index in [-0.39, 0.29) is 13.1 Å². The standard InChI is InChI=1S/C17H21F2N/c18-17(19)10-20(11-17)9-16-14-7-13(8-15(14)16)6-12-4-2-1-3-5-12/h1-5,13-16H,6-11H2/t13?,14-,15+,16?. The number of hydrogen-bond acceptors (Lipinski definition) is 1. The highest BCUT2D eigenvalue weighted by atomic mass is 19.3. The Morgan fingerprint density at radius 2 is 1.70 bits per heavy atom. The smallest absolute Gasteiger partial charge is 0.272 e. The summed E-state index contributed by atoms with van der Waals surface area (Å²) < 4.78 is 25.6. The van der Waals surface area contributed by atoms with Crippen molar-refractivity contribution in [2.24, 2.45) is 23.7 Å². The SMILES string of the molecule is FC1(F)CN(CC2[C@H]3CC(Cc4ccccc4)C[C@@H]23)C1. The Hall–Kier alpha value is -0.960. The molecule has 0 N–H and O–H groups in total. The van der Waals surface area contributed by atoms with Crippen molar-refractivity contribution in [3.05, 3.63) is 35.9 Å². The van der Waals surface area contributed by atoms with Gasteiger partial charge in [0.2, 0.25) is 0 Å². The van der Waals surface area contributed by atoms with Gasteiger partial charge in [-0.05, 0) is 48.5 Å².